The molecule has 6 heteroatoms. The highest BCUT2D eigenvalue weighted by Gasteiger charge is 2.18. The summed E-state index contributed by atoms with van der Waals surface area (Å²) in [5.74, 6) is -0.530. The molecule has 0 aromatic carbocycles. The fraction of sp³-hybridized carbons (Fsp3) is 0.538. The number of rotatable bonds is 6. The summed E-state index contributed by atoms with van der Waals surface area (Å²) >= 11 is 0. The summed E-state index contributed by atoms with van der Waals surface area (Å²) in [6.45, 7) is 3.92. The van der Waals surface area contributed by atoms with E-state index < -0.39 is 5.91 Å². The molecule has 0 aliphatic carbocycles. The molecule has 19 heavy (non-hydrogen) atoms. The number of hydrogen-bond acceptors (Lipinski definition) is 3. The molecule has 106 valence electrons. The lowest BCUT2D eigenvalue weighted by molar-refractivity contribution is 0.0900. The van der Waals surface area contributed by atoms with Crippen LogP contribution in [0.4, 0.5) is 0 Å². The largest absolute Gasteiger partial charge is 0.394 e. The van der Waals surface area contributed by atoms with Crippen LogP contribution in [0.2, 0.25) is 0 Å². The Labute approximate surface area is 112 Å². The average Bonchev–Trinajstić information content (AvgIpc) is 2.70. The zero-order valence-corrected chi connectivity index (χ0v) is 11.5. The van der Waals surface area contributed by atoms with Gasteiger partial charge in [-0.25, -0.2) is 0 Å². The van der Waals surface area contributed by atoms with Crippen LogP contribution in [-0.4, -0.2) is 34.1 Å². The van der Waals surface area contributed by atoms with E-state index in [9.17, 15) is 14.7 Å². The van der Waals surface area contributed by atoms with E-state index in [0.29, 0.717) is 18.0 Å². The van der Waals surface area contributed by atoms with Crippen molar-refractivity contribution < 1.29 is 14.7 Å². The van der Waals surface area contributed by atoms with E-state index >= 15 is 0 Å². The molecule has 4 N–H and O–H groups in total. The zero-order valence-electron chi connectivity index (χ0n) is 11.5. The number of aliphatic hydroxyl groups excluding tert-OH is 1. The van der Waals surface area contributed by atoms with E-state index in [1.54, 1.807) is 11.6 Å². The molecule has 0 bridgehead atoms. The number of aliphatic hydroxyl groups is 1. The topological polar surface area (TPSA) is 97.3 Å². The van der Waals surface area contributed by atoms with Gasteiger partial charge in [-0.3, -0.25) is 9.59 Å². The molecule has 0 fully saturated rings. The first-order valence-corrected chi connectivity index (χ1v) is 6.23. The van der Waals surface area contributed by atoms with Crippen LogP contribution >= 0.6 is 0 Å². The van der Waals surface area contributed by atoms with E-state index in [1.165, 1.54) is 12.3 Å². The number of nitrogens with one attached hydrogen (secondary N) is 1. The van der Waals surface area contributed by atoms with Gasteiger partial charge in [0.15, 0.2) is 0 Å². The van der Waals surface area contributed by atoms with Gasteiger partial charge in [-0.15, -0.1) is 0 Å². The number of carbonyl (C=O) groups is 2. The Morgan fingerprint density at radius 1 is 1.47 bits per heavy atom. The third-order valence-corrected chi connectivity index (χ3v) is 2.83. The van der Waals surface area contributed by atoms with E-state index in [4.69, 9.17) is 5.73 Å². The normalized spacial score (nSPS) is 12.5. The molecule has 1 rings (SSSR count). The van der Waals surface area contributed by atoms with Crippen molar-refractivity contribution in [3.05, 3.63) is 23.5 Å². The van der Waals surface area contributed by atoms with Crippen LogP contribution in [0.5, 0.6) is 0 Å². The summed E-state index contributed by atoms with van der Waals surface area (Å²) in [6, 6.07) is 1.15. The number of aromatic nitrogens is 1. The van der Waals surface area contributed by atoms with Gasteiger partial charge in [-0.05, 0) is 18.4 Å². The lowest BCUT2D eigenvalue weighted by Gasteiger charge is -2.18. The smallest absolute Gasteiger partial charge is 0.268 e. The molecule has 1 aromatic rings. The fourth-order valence-corrected chi connectivity index (χ4v) is 1.93. The van der Waals surface area contributed by atoms with Gasteiger partial charge in [0.05, 0.1) is 18.2 Å². The van der Waals surface area contributed by atoms with E-state index in [0.717, 1.165) is 0 Å². The quantitative estimate of drug-likeness (QED) is 0.689. The van der Waals surface area contributed by atoms with E-state index in [-0.39, 0.29) is 24.1 Å². The van der Waals surface area contributed by atoms with Crippen LogP contribution in [0, 0.1) is 5.92 Å². The predicted molar refractivity (Wildman–Crippen MR) is 71.7 cm³/mol. The first-order valence-electron chi connectivity index (χ1n) is 6.23. The monoisotopic (exact) mass is 267 g/mol. The highest BCUT2D eigenvalue weighted by atomic mass is 16.3. The molecule has 0 aliphatic heterocycles. The van der Waals surface area contributed by atoms with Gasteiger partial charge in [-0.1, -0.05) is 13.8 Å². The van der Waals surface area contributed by atoms with Crippen LogP contribution in [0.1, 0.15) is 41.1 Å². The lowest BCUT2D eigenvalue weighted by Crippen LogP contribution is -2.39. The van der Waals surface area contributed by atoms with Crippen LogP contribution in [0.25, 0.3) is 0 Å². The van der Waals surface area contributed by atoms with Gasteiger partial charge in [-0.2, -0.15) is 0 Å². The van der Waals surface area contributed by atoms with Crippen LogP contribution < -0.4 is 11.1 Å². The van der Waals surface area contributed by atoms with Crippen molar-refractivity contribution in [3.8, 4) is 0 Å². The summed E-state index contributed by atoms with van der Waals surface area (Å²) in [4.78, 5) is 23.1. The molecule has 1 aromatic heterocycles. The number of hydrogen-bond donors (Lipinski definition) is 3. The number of nitrogens with zero attached hydrogens (tertiary/aromatic N) is 1. The first kappa shape index (κ1) is 15.2. The van der Waals surface area contributed by atoms with Gasteiger partial charge < -0.3 is 20.7 Å². The second-order valence-corrected chi connectivity index (χ2v) is 5.07. The molecule has 0 radical (unpaired) electrons. The molecular formula is C13H21N3O3. The van der Waals surface area contributed by atoms with Crippen molar-refractivity contribution in [2.75, 3.05) is 6.61 Å². The summed E-state index contributed by atoms with van der Waals surface area (Å²) in [7, 11) is 1.66. The third-order valence-electron chi connectivity index (χ3n) is 2.83. The molecule has 0 saturated heterocycles. The maximum Gasteiger partial charge on any atom is 0.268 e. The van der Waals surface area contributed by atoms with Gasteiger partial charge >= 0.3 is 0 Å². The van der Waals surface area contributed by atoms with Crippen molar-refractivity contribution in [1.29, 1.82) is 0 Å². The molecule has 0 spiro atoms. The standard InChI is InChI=1S/C13H21N3O3/c1-8(2)4-10(7-17)15-13(19)11-5-9(12(14)18)6-16(11)3/h5-6,8,10,17H,4,7H2,1-3H3,(H2,14,18)(H,15,19). The van der Waals surface area contributed by atoms with Crippen LogP contribution in [-0.2, 0) is 7.05 Å². The predicted octanol–water partition coefficient (Wildman–Crippen LogP) is 0.261. The Kier molecular flexibility index (Phi) is 5.11. The fourth-order valence-electron chi connectivity index (χ4n) is 1.93. The highest BCUT2D eigenvalue weighted by molar-refractivity contribution is 5.98. The Morgan fingerprint density at radius 2 is 2.11 bits per heavy atom. The SMILES string of the molecule is CC(C)CC(CO)NC(=O)c1cc(C(N)=O)cn1C. The molecule has 1 unspecified atom stereocenters. The van der Waals surface area contributed by atoms with Gasteiger partial charge in [0.25, 0.3) is 5.91 Å². The van der Waals surface area contributed by atoms with Crippen molar-refractivity contribution >= 4 is 11.8 Å². The molecule has 1 heterocycles. The van der Waals surface area contributed by atoms with Crippen molar-refractivity contribution in [3.63, 3.8) is 0 Å². The Balaban J connectivity index is 2.79. The Hall–Kier alpha value is -1.82. The highest BCUT2D eigenvalue weighted by Crippen LogP contribution is 2.09. The third kappa shape index (κ3) is 4.10. The van der Waals surface area contributed by atoms with Crippen molar-refractivity contribution in [2.24, 2.45) is 18.7 Å². The zero-order chi connectivity index (χ0) is 14.6. The van der Waals surface area contributed by atoms with Crippen LogP contribution in [0.15, 0.2) is 12.3 Å². The summed E-state index contributed by atoms with van der Waals surface area (Å²) < 4.78 is 1.54. The summed E-state index contributed by atoms with van der Waals surface area (Å²) in [5.41, 5.74) is 5.80. The van der Waals surface area contributed by atoms with Crippen LogP contribution in [0.3, 0.4) is 0 Å². The second kappa shape index (κ2) is 6.38. The Morgan fingerprint density at radius 3 is 2.53 bits per heavy atom. The molecular weight excluding hydrogens is 246 g/mol. The number of aryl methyl sites for hydroxylation is 1. The first-order chi connectivity index (χ1) is 8.85. The van der Waals surface area contributed by atoms with E-state index in [1.807, 2.05) is 13.8 Å². The molecule has 1 atom stereocenters. The molecule has 6 nitrogen and oxygen atoms in total. The minimum atomic E-state index is -0.574. The number of nitrogens with two attached hydrogens (primary N) is 1. The van der Waals surface area contributed by atoms with Gasteiger partial charge in [0.2, 0.25) is 5.91 Å². The maximum absolute atomic E-state index is 12.1. The Bertz CT molecular complexity index is 466. The average molecular weight is 267 g/mol. The summed E-state index contributed by atoms with van der Waals surface area (Å²) in [6.07, 6.45) is 2.20. The van der Waals surface area contributed by atoms with Gasteiger partial charge in [0.1, 0.15) is 5.69 Å². The number of carbonyl (C=O) groups excluding carboxylic acids is 2. The second-order valence-electron chi connectivity index (χ2n) is 5.07. The minimum Gasteiger partial charge on any atom is -0.394 e. The lowest BCUT2D eigenvalue weighted by atomic mass is 10.0. The summed E-state index contributed by atoms with van der Waals surface area (Å²) in [5, 5.41) is 12.0. The molecule has 2 amide bonds. The van der Waals surface area contributed by atoms with E-state index in [2.05, 4.69) is 5.32 Å². The number of primary amides is 1. The maximum atomic E-state index is 12.1. The molecule has 0 saturated carbocycles. The number of amides is 2. The van der Waals surface area contributed by atoms with Crippen molar-refractivity contribution in [2.45, 2.75) is 26.3 Å². The van der Waals surface area contributed by atoms with Crippen molar-refractivity contribution in [1.82, 2.24) is 9.88 Å². The molecule has 0 aliphatic rings. The van der Waals surface area contributed by atoms with Gasteiger partial charge in [0, 0.05) is 13.2 Å². The minimum absolute atomic E-state index is 0.114.